The van der Waals surface area contributed by atoms with Crippen LogP contribution in [0.4, 0.5) is 0 Å². The number of ether oxygens (including phenoxy) is 1. The summed E-state index contributed by atoms with van der Waals surface area (Å²) in [5, 5.41) is 17.0. The average molecular weight is 296 g/mol. The normalized spacial score (nSPS) is 10.4. The minimum atomic E-state index is -0.897. The van der Waals surface area contributed by atoms with Crippen LogP contribution < -0.4 is 4.74 Å². The molecule has 2 rings (SSSR count). The molecule has 0 aliphatic rings. The minimum absolute atomic E-state index is 0.0783. The molecule has 0 unspecified atom stereocenters. The Morgan fingerprint density at radius 3 is 2.80 bits per heavy atom. The Hall–Kier alpha value is -2.08. The summed E-state index contributed by atoms with van der Waals surface area (Å²) in [5.74, 6) is -0.148. The van der Waals surface area contributed by atoms with Crippen LogP contribution in [0.5, 0.6) is 5.75 Å². The van der Waals surface area contributed by atoms with Gasteiger partial charge in [0, 0.05) is 18.0 Å². The highest BCUT2D eigenvalue weighted by molar-refractivity contribution is 6.30. The van der Waals surface area contributed by atoms with E-state index < -0.39 is 5.97 Å². The topological polar surface area (TPSA) is 77.2 Å². The summed E-state index contributed by atoms with van der Waals surface area (Å²) >= 11 is 5.78. The molecule has 1 aromatic heterocycles. The first-order valence-corrected chi connectivity index (χ1v) is 6.50. The van der Waals surface area contributed by atoms with Gasteiger partial charge in [0.25, 0.3) is 0 Å². The number of carboxylic acid groups (broad SMARTS) is 1. The standard InChI is InChI=1S/C13H14ClN3O3/c14-10-2-4-12(5-3-10)20-7-1-6-17-11(8-13(18)19)9-15-16-17/h2-5,9H,1,6-8H2,(H,18,19). The van der Waals surface area contributed by atoms with Gasteiger partial charge in [-0.05, 0) is 24.3 Å². The molecule has 6 nitrogen and oxygen atoms in total. The fraction of sp³-hybridized carbons (Fsp3) is 0.308. The van der Waals surface area contributed by atoms with Crippen LogP contribution in [0, 0.1) is 0 Å². The van der Waals surface area contributed by atoms with Crippen LogP contribution in [-0.4, -0.2) is 32.7 Å². The fourth-order valence-corrected chi connectivity index (χ4v) is 1.82. The Morgan fingerprint density at radius 1 is 1.35 bits per heavy atom. The highest BCUT2D eigenvalue weighted by Crippen LogP contribution is 2.15. The predicted octanol–water partition coefficient (Wildman–Crippen LogP) is 2.03. The van der Waals surface area contributed by atoms with Crippen molar-refractivity contribution >= 4 is 17.6 Å². The summed E-state index contributed by atoms with van der Waals surface area (Å²) in [7, 11) is 0. The molecule has 0 aliphatic heterocycles. The van der Waals surface area contributed by atoms with Crippen LogP contribution >= 0.6 is 11.6 Å². The molecule has 106 valence electrons. The number of halogens is 1. The number of benzene rings is 1. The lowest BCUT2D eigenvalue weighted by Gasteiger charge is -2.07. The zero-order chi connectivity index (χ0) is 14.4. The summed E-state index contributed by atoms with van der Waals surface area (Å²) in [6.45, 7) is 1.07. The third-order valence-corrected chi connectivity index (χ3v) is 2.88. The van der Waals surface area contributed by atoms with Gasteiger partial charge in [-0.3, -0.25) is 4.79 Å². The zero-order valence-electron chi connectivity index (χ0n) is 10.7. The Labute approximate surface area is 120 Å². The molecule has 1 heterocycles. The molecule has 1 N–H and O–H groups in total. The van der Waals surface area contributed by atoms with Gasteiger partial charge in [-0.15, -0.1) is 5.10 Å². The third kappa shape index (κ3) is 4.24. The molecule has 0 aliphatic carbocycles. The molecule has 0 saturated carbocycles. The number of hydrogen-bond donors (Lipinski definition) is 1. The molecule has 1 aromatic carbocycles. The second kappa shape index (κ2) is 6.91. The van der Waals surface area contributed by atoms with E-state index in [2.05, 4.69) is 10.3 Å². The Bertz CT molecular complexity index is 568. The van der Waals surface area contributed by atoms with Crippen LogP contribution in [0.15, 0.2) is 30.5 Å². The van der Waals surface area contributed by atoms with E-state index in [-0.39, 0.29) is 6.42 Å². The van der Waals surface area contributed by atoms with E-state index in [1.807, 2.05) is 0 Å². The number of carboxylic acids is 1. The maximum Gasteiger partial charge on any atom is 0.309 e. The van der Waals surface area contributed by atoms with Gasteiger partial charge in [0.05, 0.1) is 24.9 Å². The van der Waals surface area contributed by atoms with E-state index in [0.29, 0.717) is 30.3 Å². The fourth-order valence-electron chi connectivity index (χ4n) is 1.69. The van der Waals surface area contributed by atoms with Crippen LogP contribution in [0.3, 0.4) is 0 Å². The van der Waals surface area contributed by atoms with E-state index >= 15 is 0 Å². The van der Waals surface area contributed by atoms with E-state index in [0.717, 1.165) is 5.75 Å². The van der Waals surface area contributed by atoms with Crippen molar-refractivity contribution in [2.45, 2.75) is 19.4 Å². The summed E-state index contributed by atoms with van der Waals surface area (Å²) in [6.07, 6.45) is 2.10. The van der Waals surface area contributed by atoms with Crippen LogP contribution in [-0.2, 0) is 17.8 Å². The monoisotopic (exact) mass is 295 g/mol. The SMILES string of the molecule is O=C(O)Cc1cnnn1CCCOc1ccc(Cl)cc1. The lowest BCUT2D eigenvalue weighted by atomic mass is 10.3. The summed E-state index contributed by atoms with van der Waals surface area (Å²) < 4.78 is 7.13. The second-order valence-corrected chi connectivity index (χ2v) is 4.61. The number of carbonyl (C=O) groups is 1. The number of aromatic nitrogens is 3. The maximum atomic E-state index is 10.7. The van der Waals surface area contributed by atoms with E-state index in [9.17, 15) is 4.79 Å². The van der Waals surface area contributed by atoms with Gasteiger partial charge in [0.15, 0.2) is 0 Å². The molecule has 0 spiro atoms. The average Bonchev–Trinajstić information content (AvgIpc) is 2.83. The van der Waals surface area contributed by atoms with Crippen LogP contribution in [0.2, 0.25) is 5.02 Å². The predicted molar refractivity (Wildman–Crippen MR) is 72.9 cm³/mol. The highest BCUT2D eigenvalue weighted by Gasteiger charge is 2.07. The van der Waals surface area contributed by atoms with Crippen molar-refractivity contribution in [2.24, 2.45) is 0 Å². The van der Waals surface area contributed by atoms with Crippen LogP contribution in [0.1, 0.15) is 12.1 Å². The quantitative estimate of drug-likeness (QED) is 0.791. The number of aliphatic carboxylic acids is 1. The summed E-state index contributed by atoms with van der Waals surface area (Å²) in [6, 6.07) is 7.12. The molecule has 0 bridgehead atoms. The number of aryl methyl sites for hydroxylation is 1. The van der Waals surface area contributed by atoms with Gasteiger partial charge in [-0.25, -0.2) is 4.68 Å². The summed E-state index contributed by atoms with van der Waals surface area (Å²) in [4.78, 5) is 10.7. The van der Waals surface area contributed by atoms with Crippen molar-refractivity contribution in [1.29, 1.82) is 0 Å². The molecule has 0 fully saturated rings. The highest BCUT2D eigenvalue weighted by atomic mass is 35.5. The molecule has 2 aromatic rings. The van der Waals surface area contributed by atoms with Gasteiger partial charge < -0.3 is 9.84 Å². The van der Waals surface area contributed by atoms with E-state index in [1.54, 1.807) is 28.9 Å². The molecule has 7 heteroatoms. The van der Waals surface area contributed by atoms with E-state index in [1.165, 1.54) is 6.20 Å². The lowest BCUT2D eigenvalue weighted by Crippen LogP contribution is -2.11. The van der Waals surface area contributed by atoms with Gasteiger partial charge >= 0.3 is 5.97 Å². The molecule has 20 heavy (non-hydrogen) atoms. The van der Waals surface area contributed by atoms with Crippen LogP contribution in [0.25, 0.3) is 0 Å². The molecule has 0 atom stereocenters. The molecular formula is C13H14ClN3O3. The first-order valence-electron chi connectivity index (χ1n) is 6.12. The molecule has 0 saturated heterocycles. The number of hydrogen-bond acceptors (Lipinski definition) is 4. The van der Waals surface area contributed by atoms with Crippen molar-refractivity contribution in [2.75, 3.05) is 6.61 Å². The maximum absolute atomic E-state index is 10.7. The smallest absolute Gasteiger partial charge is 0.309 e. The molecular weight excluding hydrogens is 282 g/mol. The van der Waals surface area contributed by atoms with Crippen molar-refractivity contribution in [3.05, 3.63) is 41.2 Å². The summed E-state index contributed by atoms with van der Waals surface area (Å²) in [5.41, 5.74) is 0.587. The van der Waals surface area contributed by atoms with Crippen molar-refractivity contribution in [3.8, 4) is 5.75 Å². The van der Waals surface area contributed by atoms with E-state index in [4.69, 9.17) is 21.4 Å². The Balaban J connectivity index is 1.77. The molecule has 0 amide bonds. The van der Waals surface area contributed by atoms with Gasteiger partial charge in [0.1, 0.15) is 5.75 Å². The second-order valence-electron chi connectivity index (χ2n) is 4.17. The third-order valence-electron chi connectivity index (χ3n) is 2.63. The Kier molecular flexibility index (Phi) is 4.95. The van der Waals surface area contributed by atoms with Crippen molar-refractivity contribution in [1.82, 2.24) is 15.0 Å². The van der Waals surface area contributed by atoms with Crippen molar-refractivity contribution < 1.29 is 14.6 Å². The number of nitrogens with zero attached hydrogens (tertiary/aromatic N) is 3. The van der Waals surface area contributed by atoms with Crippen molar-refractivity contribution in [3.63, 3.8) is 0 Å². The van der Waals surface area contributed by atoms with Gasteiger partial charge in [-0.1, -0.05) is 16.8 Å². The minimum Gasteiger partial charge on any atom is -0.494 e. The zero-order valence-corrected chi connectivity index (χ0v) is 11.5. The Morgan fingerprint density at radius 2 is 2.10 bits per heavy atom. The largest absolute Gasteiger partial charge is 0.494 e. The number of rotatable bonds is 7. The van der Waals surface area contributed by atoms with Gasteiger partial charge in [-0.2, -0.15) is 0 Å². The first-order chi connectivity index (χ1) is 9.65. The molecule has 0 radical (unpaired) electrons. The van der Waals surface area contributed by atoms with Gasteiger partial charge in [0.2, 0.25) is 0 Å². The first kappa shape index (κ1) is 14.3. The lowest BCUT2D eigenvalue weighted by molar-refractivity contribution is -0.136.